The van der Waals surface area contributed by atoms with Crippen molar-refractivity contribution >= 4 is 23.2 Å². The first kappa shape index (κ1) is 18.7. The van der Waals surface area contributed by atoms with Gasteiger partial charge in [-0.2, -0.15) is 0 Å². The van der Waals surface area contributed by atoms with E-state index in [2.05, 4.69) is 0 Å². The Morgan fingerprint density at radius 2 is 1.78 bits per heavy atom. The molecule has 0 bridgehead atoms. The van der Waals surface area contributed by atoms with E-state index in [4.69, 9.17) is 17.3 Å². The predicted molar refractivity (Wildman–Crippen MR) is 105 cm³/mol. The smallest absolute Gasteiger partial charge is 0.269 e. The van der Waals surface area contributed by atoms with E-state index in [9.17, 15) is 14.9 Å². The minimum atomic E-state index is -0.499. The average Bonchev–Trinajstić information content (AvgIpc) is 2.98. The Labute approximate surface area is 161 Å². The zero-order valence-electron chi connectivity index (χ0n) is 14.7. The largest absolute Gasteiger partial charge is 0.366 e. The number of rotatable bonds is 6. The number of carbonyl (C=O) groups excluding carboxylic acids is 1. The summed E-state index contributed by atoms with van der Waals surface area (Å²) in [6.07, 6.45) is 0.741. The molecule has 3 rings (SSSR count). The number of nitro benzene ring substituents is 1. The first-order valence-electron chi connectivity index (χ1n) is 8.36. The Morgan fingerprint density at radius 3 is 2.33 bits per heavy atom. The van der Waals surface area contributed by atoms with Gasteiger partial charge in [-0.3, -0.25) is 14.9 Å². The van der Waals surface area contributed by atoms with Gasteiger partial charge in [0, 0.05) is 35.1 Å². The maximum Gasteiger partial charge on any atom is 0.269 e. The van der Waals surface area contributed by atoms with E-state index in [1.54, 1.807) is 18.2 Å². The van der Waals surface area contributed by atoms with Crippen LogP contribution in [0.15, 0.2) is 54.6 Å². The van der Waals surface area contributed by atoms with Crippen LogP contribution >= 0.6 is 11.6 Å². The lowest BCUT2D eigenvalue weighted by atomic mass is 10.1. The number of carbonyl (C=O) groups is 1. The molecular formula is C20H18ClN3O3. The number of aryl methyl sites for hydroxylation is 1. The number of aromatic nitrogens is 1. The highest BCUT2D eigenvalue weighted by Crippen LogP contribution is 2.28. The minimum Gasteiger partial charge on any atom is -0.366 e. The molecule has 0 saturated heterocycles. The molecule has 6 nitrogen and oxygen atoms in total. The SMILES string of the molecule is Cc1c(C(N)=O)cc(-c2ccc([N+](=O)[O-])cc2)n1CCc1ccc(Cl)cc1. The van der Waals surface area contributed by atoms with Crippen molar-refractivity contribution in [2.45, 2.75) is 19.9 Å². The highest BCUT2D eigenvalue weighted by atomic mass is 35.5. The predicted octanol–water partition coefficient (Wildman–Crippen LogP) is 4.37. The van der Waals surface area contributed by atoms with Crippen LogP contribution in [0.1, 0.15) is 21.6 Å². The monoisotopic (exact) mass is 383 g/mol. The van der Waals surface area contributed by atoms with Gasteiger partial charge in [0.15, 0.2) is 0 Å². The molecule has 2 aromatic carbocycles. The molecule has 0 fully saturated rings. The molecule has 0 unspecified atom stereocenters. The van der Waals surface area contributed by atoms with Crippen LogP contribution in [0, 0.1) is 17.0 Å². The van der Waals surface area contributed by atoms with Crippen molar-refractivity contribution in [2.24, 2.45) is 5.73 Å². The fourth-order valence-corrected chi connectivity index (χ4v) is 3.19. The summed E-state index contributed by atoms with van der Waals surface area (Å²) in [5.41, 5.74) is 9.43. The molecule has 0 spiro atoms. The summed E-state index contributed by atoms with van der Waals surface area (Å²) < 4.78 is 2.01. The van der Waals surface area contributed by atoms with Gasteiger partial charge in [0.05, 0.1) is 10.5 Å². The quantitative estimate of drug-likeness (QED) is 0.506. The summed E-state index contributed by atoms with van der Waals surface area (Å²) in [6.45, 7) is 2.48. The van der Waals surface area contributed by atoms with Crippen LogP contribution < -0.4 is 5.73 Å². The number of amides is 1. The number of nitrogens with zero attached hydrogens (tertiary/aromatic N) is 2. The number of halogens is 1. The number of benzene rings is 2. The fourth-order valence-electron chi connectivity index (χ4n) is 3.07. The fraction of sp³-hybridized carbons (Fsp3) is 0.150. The number of nitrogens with two attached hydrogens (primary N) is 1. The lowest BCUT2D eigenvalue weighted by Crippen LogP contribution is -2.13. The van der Waals surface area contributed by atoms with Crippen molar-refractivity contribution in [1.29, 1.82) is 0 Å². The van der Waals surface area contributed by atoms with E-state index < -0.39 is 10.8 Å². The van der Waals surface area contributed by atoms with E-state index in [0.29, 0.717) is 17.1 Å². The minimum absolute atomic E-state index is 0.0184. The second-order valence-electron chi connectivity index (χ2n) is 6.23. The van der Waals surface area contributed by atoms with E-state index >= 15 is 0 Å². The Morgan fingerprint density at radius 1 is 1.15 bits per heavy atom. The molecule has 27 heavy (non-hydrogen) atoms. The van der Waals surface area contributed by atoms with Crippen molar-refractivity contribution in [2.75, 3.05) is 0 Å². The maximum atomic E-state index is 11.8. The highest BCUT2D eigenvalue weighted by molar-refractivity contribution is 6.30. The molecule has 3 aromatic rings. The molecular weight excluding hydrogens is 366 g/mol. The van der Waals surface area contributed by atoms with E-state index in [0.717, 1.165) is 28.9 Å². The van der Waals surface area contributed by atoms with Gasteiger partial charge in [0.25, 0.3) is 11.6 Å². The second-order valence-corrected chi connectivity index (χ2v) is 6.66. The van der Waals surface area contributed by atoms with Gasteiger partial charge in [-0.1, -0.05) is 23.7 Å². The van der Waals surface area contributed by atoms with Gasteiger partial charge in [-0.05, 0) is 54.8 Å². The molecule has 1 aromatic heterocycles. The van der Waals surface area contributed by atoms with Crippen LogP contribution in [0.5, 0.6) is 0 Å². The van der Waals surface area contributed by atoms with Crippen molar-refractivity contribution in [3.63, 3.8) is 0 Å². The maximum absolute atomic E-state index is 11.8. The zero-order chi connectivity index (χ0) is 19.6. The molecule has 1 amide bonds. The van der Waals surface area contributed by atoms with Crippen LogP contribution in [-0.4, -0.2) is 15.4 Å². The van der Waals surface area contributed by atoms with Crippen LogP contribution in [-0.2, 0) is 13.0 Å². The van der Waals surface area contributed by atoms with Crippen molar-refractivity contribution in [3.05, 3.63) is 86.6 Å². The summed E-state index contributed by atoms with van der Waals surface area (Å²) in [6, 6.07) is 15.6. The Kier molecular flexibility index (Phi) is 5.28. The van der Waals surface area contributed by atoms with Gasteiger partial charge in [-0.25, -0.2) is 0 Å². The summed E-state index contributed by atoms with van der Waals surface area (Å²) in [4.78, 5) is 22.2. The molecule has 0 aliphatic rings. The van der Waals surface area contributed by atoms with Crippen LogP contribution in [0.25, 0.3) is 11.3 Å². The molecule has 0 aliphatic heterocycles. The molecule has 0 saturated carbocycles. The third kappa shape index (κ3) is 4.01. The number of nitro groups is 1. The second kappa shape index (κ2) is 7.63. The lowest BCUT2D eigenvalue weighted by Gasteiger charge is -2.12. The van der Waals surface area contributed by atoms with Crippen molar-refractivity contribution < 1.29 is 9.72 Å². The van der Waals surface area contributed by atoms with E-state index in [1.807, 2.05) is 35.8 Å². The molecule has 0 radical (unpaired) electrons. The van der Waals surface area contributed by atoms with Crippen molar-refractivity contribution in [1.82, 2.24) is 4.57 Å². The average molecular weight is 384 g/mol. The van der Waals surface area contributed by atoms with Crippen LogP contribution in [0.4, 0.5) is 5.69 Å². The highest BCUT2D eigenvalue weighted by Gasteiger charge is 2.17. The Hall–Kier alpha value is -3.12. The summed E-state index contributed by atoms with van der Waals surface area (Å²) in [5, 5.41) is 11.6. The Bertz CT molecular complexity index is 993. The molecule has 0 aliphatic carbocycles. The summed E-state index contributed by atoms with van der Waals surface area (Å²) >= 11 is 5.93. The molecule has 7 heteroatoms. The van der Waals surface area contributed by atoms with Gasteiger partial charge >= 0.3 is 0 Å². The standard InChI is InChI=1S/C20H18ClN3O3/c1-13-18(20(22)25)12-19(15-4-8-17(9-5-15)24(26)27)23(13)11-10-14-2-6-16(21)7-3-14/h2-9,12H,10-11H2,1H3,(H2,22,25). The molecule has 1 heterocycles. The first-order chi connectivity index (χ1) is 12.9. The van der Waals surface area contributed by atoms with E-state index in [-0.39, 0.29) is 5.69 Å². The normalized spacial score (nSPS) is 10.7. The van der Waals surface area contributed by atoms with Gasteiger partial charge < -0.3 is 10.3 Å². The topological polar surface area (TPSA) is 91.2 Å². The number of hydrogen-bond donors (Lipinski definition) is 1. The van der Waals surface area contributed by atoms with Crippen LogP contribution in [0.3, 0.4) is 0 Å². The van der Waals surface area contributed by atoms with Gasteiger partial charge in [0.2, 0.25) is 0 Å². The lowest BCUT2D eigenvalue weighted by molar-refractivity contribution is -0.384. The van der Waals surface area contributed by atoms with Gasteiger partial charge in [0.1, 0.15) is 0 Å². The number of hydrogen-bond acceptors (Lipinski definition) is 3. The molecule has 138 valence electrons. The number of primary amides is 1. The third-order valence-electron chi connectivity index (χ3n) is 4.54. The first-order valence-corrected chi connectivity index (χ1v) is 8.74. The third-order valence-corrected chi connectivity index (χ3v) is 4.80. The molecule has 0 atom stereocenters. The van der Waals surface area contributed by atoms with Gasteiger partial charge in [-0.15, -0.1) is 0 Å². The Balaban J connectivity index is 1.97. The van der Waals surface area contributed by atoms with Crippen molar-refractivity contribution in [3.8, 4) is 11.3 Å². The van der Waals surface area contributed by atoms with E-state index in [1.165, 1.54) is 12.1 Å². The molecule has 2 N–H and O–H groups in total. The summed E-state index contributed by atoms with van der Waals surface area (Å²) in [5.74, 6) is -0.499. The van der Waals surface area contributed by atoms with Crippen LogP contribution in [0.2, 0.25) is 5.02 Å². The summed E-state index contributed by atoms with van der Waals surface area (Å²) in [7, 11) is 0. The number of non-ortho nitro benzene ring substituents is 1. The zero-order valence-corrected chi connectivity index (χ0v) is 15.4.